The van der Waals surface area contributed by atoms with Gasteiger partial charge in [-0.1, -0.05) is 6.07 Å². The summed E-state index contributed by atoms with van der Waals surface area (Å²) in [5.74, 6) is -0.929. The van der Waals surface area contributed by atoms with Crippen LogP contribution in [0.1, 0.15) is 35.6 Å². The van der Waals surface area contributed by atoms with Gasteiger partial charge in [0.05, 0.1) is 0 Å². The molecule has 0 amide bonds. The molecule has 0 fully saturated rings. The lowest BCUT2D eigenvalue weighted by Gasteiger charge is -2.27. The number of hydrogen-bond donors (Lipinski definition) is 5. The molecule has 3 rings (SSSR count). The average Bonchev–Trinajstić information content (AvgIpc) is 2.62. The first-order valence-electron chi connectivity index (χ1n) is 8.96. The summed E-state index contributed by atoms with van der Waals surface area (Å²) < 4.78 is 1.09. The Morgan fingerprint density at radius 3 is 2.74 bits per heavy atom. The Bertz CT molecular complexity index is 841. The lowest BCUT2D eigenvalue weighted by atomic mass is 9.90. The van der Waals surface area contributed by atoms with Gasteiger partial charge in [0.15, 0.2) is 11.5 Å². The molecule has 6 nitrogen and oxygen atoms in total. The maximum Gasteiger partial charge on any atom is 0.303 e. The van der Waals surface area contributed by atoms with Gasteiger partial charge in [-0.25, -0.2) is 0 Å². The van der Waals surface area contributed by atoms with Crippen LogP contribution in [0.4, 0.5) is 5.69 Å². The third kappa shape index (κ3) is 5.04. The van der Waals surface area contributed by atoms with Crippen LogP contribution in [0, 0.1) is 3.57 Å². The number of hydrogen-bond acceptors (Lipinski definition) is 5. The Morgan fingerprint density at radius 1 is 1.22 bits per heavy atom. The van der Waals surface area contributed by atoms with E-state index < -0.39 is 5.97 Å². The lowest BCUT2D eigenvalue weighted by molar-refractivity contribution is -0.137. The Balaban J connectivity index is 1.68. The van der Waals surface area contributed by atoms with Crippen molar-refractivity contribution in [3.05, 3.63) is 50.6 Å². The normalized spacial score (nSPS) is 16.0. The van der Waals surface area contributed by atoms with E-state index in [9.17, 15) is 15.0 Å². The number of aliphatic carboxylic acids is 1. The van der Waals surface area contributed by atoms with Crippen molar-refractivity contribution in [2.75, 3.05) is 18.4 Å². The van der Waals surface area contributed by atoms with Crippen LogP contribution >= 0.6 is 22.6 Å². The average molecular weight is 482 g/mol. The van der Waals surface area contributed by atoms with E-state index in [1.807, 2.05) is 6.07 Å². The van der Waals surface area contributed by atoms with E-state index in [-0.39, 0.29) is 24.0 Å². The molecule has 2 aromatic rings. The van der Waals surface area contributed by atoms with Crippen molar-refractivity contribution in [1.29, 1.82) is 0 Å². The second kappa shape index (κ2) is 8.79. The van der Waals surface area contributed by atoms with Crippen LogP contribution in [0.3, 0.4) is 0 Å². The summed E-state index contributed by atoms with van der Waals surface area (Å²) in [7, 11) is 0. The molecule has 27 heavy (non-hydrogen) atoms. The number of carboxylic acids is 1. The second-order valence-corrected chi connectivity index (χ2v) is 7.90. The van der Waals surface area contributed by atoms with Gasteiger partial charge >= 0.3 is 5.97 Å². The zero-order valence-electron chi connectivity index (χ0n) is 14.8. The summed E-state index contributed by atoms with van der Waals surface area (Å²) in [6.45, 7) is 1.46. The third-order valence-corrected chi connectivity index (χ3v) is 5.65. The first-order chi connectivity index (χ1) is 12.9. The van der Waals surface area contributed by atoms with Crippen molar-refractivity contribution in [2.24, 2.45) is 0 Å². The summed E-state index contributed by atoms with van der Waals surface area (Å²) in [6, 6.07) is 9.62. The van der Waals surface area contributed by atoms with Crippen LogP contribution in [0.15, 0.2) is 30.3 Å². The summed E-state index contributed by atoms with van der Waals surface area (Å²) in [6.07, 6.45) is 2.37. The molecular formula is C20H23IN2O4. The molecule has 0 bridgehead atoms. The van der Waals surface area contributed by atoms with E-state index in [1.54, 1.807) is 12.1 Å². The third-order valence-electron chi connectivity index (χ3n) is 4.75. The van der Waals surface area contributed by atoms with Crippen LogP contribution in [-0.4, -0.2) is 34.4 Å². The number of aromatic hydroxyl groups is 2. The molecule has 5 N–H and O–H groups in total. The molecule has 0 aliphatic carbocycles. The van der Waals surface area contributed by atoms with Gasteiger partial charge in [-0.2, -0.15) is 0 Å². The van der Waals surface area contributed by atoms with Crippen LogP contribution in [-0.2, 0) is 17.6 Å². The van der Waals surface area contributed by atoms with Gasteiger partial charge in [0.2, 0.25) is 0 Å². The standard InChI is InChI=1S/C20H23IN2O4/c21-15-8-12(3-4-16(15)22-6-1-2-20(26)27)9-17-14-11-19(25)18(24)10-13(14)5-7-23-17/h3-4,8,10-11,17,22-25H,1-2,5-7,9H2,(H,26,27). The number of fused-ring (bicyclic) bond motifs is 1. The highest BCUT2D eigenvalue weighted by atomic mass is 127. The number of carbonyl (C=O) groups is 1. The lowest BCUT2D eigenvalue weighted by Crippen LogP contribution is -2.31. The Kier molecular flexibility index (Phi) is 6.43. The van der Waals surface area contributed by atoms with Crippen molar-refractivity contribution in [3.8, 4) is 11.5 Å². The topological polar surface area (TPSA) is 102 Å². The molecule has 0 aromatic heterocycles. The Morgan fingerprint density at radius 2 is 2.00 bits per heavy atom. The minimum atomic E-state index is -0.776. The summed E-state index contributed by atoms with van der Waals surface area (Å²) in [5.41, 5.74) is 4.28. The molecule has 2 aromatic carbocycles. The van der Waals surface area contributed by atoms with Gasteiger partial charge < -0.3 is 26.0 Å². The van der Waals surface area contributed by atoms with Crippen LogP contribution < -0.4 is 10.6 Å². The molecule has 7 heteroatoms. The zero-order chi connectivity index (χ0) is 19.4. The molecule has 1 unspecified atom stereocenters. The number of anilines is 1. The SMILES string of the molecule is O=C(O)CCCNc1ccc(CC2NCCc3cc(O)c(O)cc32)cc1I. The Hall–Kier alpha value is -2.00. The van der Waals surface area contributed by atoms with Gasteiger partial charge in [0, 0.05) is 28.3 Å². The fourth-order valence-corrected chi connectivity index (χ4v) is 4.15. The van der Waals surface area contributed by atoms with E-state index in [0.717, 1.165) is 39.8 Å². The minimum Gasteiger partial charge on any atom is -0.504 e. The highest BCUT2D eigenvalue weighted by molar-refractivity contribution is 14.1. The summed E-state index contributed by atoms with van der Waals surface area (Å²) in [4.78, 5) is 10.6. The maximum atomic E-state index is 10.6. The van der Waals surface area contributed by atoms with E-state index in [2.05, 4.69) is 45.4 Å². The second-order valence-electron chi connectivity index (χ2n) is 6.74. The van der Waals surface area contributed by atoms with Crippen molar-refractivity contribution in [1.82, 2.24) is 5.32 Å². The zero-order valence-corrected chi connectivity index (χ0v) is 17.0. The van der Waals surface area contributed by atoms with Crippen LogP contribution in [0.5, 0.6) is 11.5 Å². The number of halogens is 1. The van der Waals surface area contributed by atoms with Gasteiger partial charge in [-0.15, -0.1) is 0 Å². The predicted molar refractivity (Wildman–Crippen MR) is 112 cm³/mol. The number of phenolic OH excluding ortho intramolecular Hbond substituents is 2. The number of nitrogens with one attached hydrogen (secondary N) is 2. The first-order valence-corrected chi connectivity index (χ1v) is 10.0. The molecule has 1 atom stereocenters. The molecule has 144 valence electrons. The number of carboxylic acid groups (broad SMARTS) is 1. The maximum absolute atomic E-state index is 10.6. The van der Waals surface area contributed by atoms with Gasteiger partial charge in [-0.3, -0.25) is 4.79 Å². The predicted octanol–water partition coefficient (Wildman–Crippen LogP) is 3.41. The molecule has 1 aliphatic heterocycles. The van der Waals surface area contributed by atoms with Crippen LogP contribution in [0.25, 0.3) is 0 Å². The molecule has 0 saturated carbocycles. The summed E-state index contributed by atoms with van der Waals surface area (Å²) in [5, 5.41) is 35.0. The smallest absolute Gasteiger partial charge is 0.303 e. The van der Waals surface area contributed by atoms with E-state index in [0.29, 0.717) is 13.0 Å². The molecule has 0 radical (unpaired) electrons. The van der Waals surface area contributed by atoms with Crippen molar-refractivity contribution >= 4 is 34.2 Å². The number of benzene rings is 2. The van der Waals surface area contributed by atoms with Crippen molar-refractivity contribution in [3.63, 3.8) is 0 Å². The highest BCUT2D eigenvalue weighted by Gasteiger charge is 2.22. The van der Waals surface area contributed by atoms with E-state index >= 15 is 0 Å². The first kappa shape index (κ1) is 19.8. The quantitative estimate of drug-likeness (QED) is 0.236. The monoisotopic (exact) mass is 482 g/mol. The van der Waals surface area contributed by atoms with Gasteiger partial charge in [-0.05, 0) is 89.4 Å². The molecule has 0 spiro atoms. The largest absolute Gasteiger partial charge is 0.504 e. The fraction of sp³-hybridized carbons (Fsp3) is 0.350. The fourth-order valence-electron chi connectivity index (χ4n) is 3.38. The Labute approximate surface area is 171 Å². The van der Waals surface area contributed by atoms with Crippen molar-refractivity contribution < 1.29 is 20.1 Å². The molecule has 0 saturated heterocycles. The van der Waals surface area contributed by atoms with E-state index in [1.165, 1.54) is 5.56 Å². The van der Waals surface area contributed by atoms with Gasteiger partial charge in [0.1, 0.15) is 0 Å². The van der Waals surface area contributed by atoms with Crippen molar-refractivity contribution in [2.45, 2.75) is 31.7 Å². The molecule has 1 heterocycles. The van der Waals surface area contributed by atoms with Gasteiger partial charge in [0.25, 0.3) is 0 Å². The van der Waals surface area contributed by atoms with Crippen LogP contribution in [0.2, 0.25) is 0 Å². The number of rotatable bonds is 7. The minimum absolute atomic E-state index is 0.0673. The molecular weight excluding hydrogens is 459 g/mol. The molecule has 1 aliphatic rings. The summed E-state index contributed by atoms with van der Waals surface area (Å²) >= 11 is 2.28. The highest BCUT2D eigenvalue weighted by Crippen LogP contribution is 2.35. The number of phenols is 2. The van der Waals surface area contributed by atoms with E-state index in [4.69, 9.17) is 5.11 Å².